The van der Waals surface area contributed by atoms with Crippen LogP contribution < -0.4 is 4.74 Å². The second kappa shape index (κ2) is 6.65. The zero-order valence-corrected chi connectivity index (χ0v) is 15.7. The Morgan fingerprint density at radius 3 is 2.33 bits per heavy atom. The fourth-order valence-corrected chi connectivity index (χ4v) is 4.11. The van der Waals surface area contributed by atoms with Crippen molar-refractivity contribution in [1.82, 2.24) is 9.97 Å². The van der Waals surface area contributed by atoms with Gasteiger partial charge in [0.2, 0.25) is 5.88 Å². The van der Waals surface area contributed by atoms with Crippen LogP contribution in [-0.2, 0) is 0 Å². The summed E-state index contributed by atoms with van der Waals surface area (Å²) in [6.07, 6.45) is 0. The van der Waals surface area contributed by atoms with E-state index in [1.54, 1.807) is 23.5 Å². The Morgan fingerprint density at radius 1 is 0.778 bits per heavy atom. The molecule has 0 saturated carbocycles. The molecule has 5 heteroatoms. The van der Waals surface area contributed by atoms with Gasteiger partial charge in [-0.1, -0.05) is 41.9 Å². The molecule has 0 amide bonds. The van der Waals surface area contributed by atoms with E-state index in [4.69, 9.17) is 21.3 Å². The van der Waals surface area contributed by atoms with Crippen LogP contribution in [0.25, 0.3) is 31.7 Å². The van der Waals surface area contributed by atoms with E-state index in [9.17, 15) is 0 Å². The first-order valence-corrected chi connectivity index (χ1v) is 9.65. The van der Waals surface area contributed by atoms with Crippen molar-refractivity contribution >= 4 is 44.1 Å². The van der Waals surface area contributed by atoms with E-state index < -0.39 is 0 Å². The molecule has 0 aliphatic carbocycles. The Kier molecular flexibility index (Phi) is 4.00. The minimum atomic E-state index is 0.533. The van der Waals surface area contributed by atoms with Gasteiger partial charge in [0.25, 0.3) is 0 Å². The first-order chi connectivity index (χ1) is 13.3. The smallest absolute Gasteiger partial charge is 0.220 e. The molecule has 5 rings (SSSR count). The average molecular weight is 389 g/mol. The molecule has 0 fully saturated rings. The highest BCUT2D eigenvalue weighted by Gasteiger charge is 2.13. The summed E-state index contributed by atoms with van der Waals surface area (Å²) in [5.74, 6) is 1.22. The number of halogens is 1. The van der Waals surface area contributed by atoms with Crippen molar-refractivity contribution in [2.45, 2.75) is 0 Å². The summed E-state index contributed by atoms with van der Waals surface area (Å²) in [5, 5.41) is 2.68. The molecule has 3 nitrogen and oxygen atoms in total. The van der Waals surface area contributed by atoms with E-state index in [0.717, 1.165) is 31.7 Å². The van der Waals surface area contributed by atoms with Gasteiger partial charge in [-0.15, -0.1) is 11.3 Å². The van der Waals surface area contributed by atoms with Crippen LogP contribution in [0.2, 0.25) is 5.02 Å². The van der Waals surface area contributed by atoms with Crippen molar-refractivity contribution < 1.29 is 4.74 Å². The minimum absolute atomic E-state index is 0.533. The van der Waals surface area contributed by atoms with Crippen LogP contribution >= 0.6 is 22.9 Å². The van der Waals surface area contributed by atoms with Gasteiger partial charge in [-0.05, 0) is 42.5 Å². The van der Waals surface area contributed by atoms with Gasteiger partial charge in [-0.25, -0.2) is 9.97 Å². The zero-order valence-electron chi connectivity index (χ0n) is 14.1. The average Bonchev–Trinajstić information content (AvgIpc) is 3.13. The third-order valence-electron chi connectivity index (χ3n) is 4.25. The van der Waals surface area contributed by atoms with E-state index in [1.165, 1.54) is 0 Å². The molecule has 2 heterocycles. The summed E-state index contributed by atoms with van der Waals surface area (Å²) < 4.78 is 7.15. The molecular weight excluding hydrogens is 376 g/mol. The molecule has 3 aromatic carbocycles. The number of nitrogens with zero attached hydrogens (tertiary/aromatic N) is 2. The number of fused-ring (bicyclic) bond motifs is 2. The number of benzene rings is 3. The number of para-hydroxylation sites is 2. The van der Waals surface area contributed by atoms with Gasteiger partial charge in [0.1, 0.15) is 10.8 Å². The number of rotatable bonds is 3. The number of pyridine rings is 1. The third kappa shape index (κ3) is 3.14. The number of ether oxygens (including phenoxy) is 1. The summed E-state index contributed by atoms with van der Waals surface area (Å²) in [6, 6.07) is 25.4. The van der Waals surface area contributed by atoms with E-state index in [-0.39, 0.29) is 0 Å². The lowest BCUT2D eigenvalue weighted by Gasteiger charge is -2.09. The molecule has 0 unspecified atom stereocenters. The van der Waals surface area contributed by atoms with Crippen molar-refractivity contribution in [3.8, 4) is 22.2 Å². The zero-order chi connectivity index (χ0) is 18.2. The van der Waals surface area contributed by atoms with Crippen molar-refractivity contribution in [2.24, 2.45) is 0 Å². The lowest BCUT2D eigenvalue weighted by molar-refractivity contribution is 0.465. The summed E-state index contributed by atoms with van der Waals surface area (Å²) in [6.45, 7) is 0. The van der Waals surface area contributed by atoms with Gasteiger partial charge in [0.15, 0.2) is 0 Å². The van der Waals surface area contributed by atoms with E-state index in [1.807, 2.05) is 54.6 Å². The number of thiazole rings is 1. The number of hydrogen-bond donors (Lipinski definition) is 0. The summed E-state index contributed by atoms with van der Waals surface area (Å²) >= 11 is 7.63. The summed E-state index contributed by atoms with van der Waals surface area (Å²) in [7, 11) is 0. The van der Waals surface area contributed by atoms with Gasteiger partial charge in [0, 0.05) is 22.0 Å². The Morgan fingerprint density at radius 2 is 1.52 bits per heavy atom. The van der Waals surface area contributed by atoms with Crippen molar-refractivity contribution in [1.29, 1.82) is 0 Å². The van der Waals surface area contributed by atoms with Crippen LogP contribution in [0.3, 0.4) is 0 Å². The molecule has 2 aromatic heterocycles. The number of aromatic nitrogens is 2. The van der Waals surface area contributed by atoms with E-state index in [0.29, 0.717) is 16.7 Å². The Balaban J connectivity index is 1.66. The molecule has 0 N–H and O–H groups in total. The van der Waals surface area contributed by atoms with Crippen LogP contribution in [0.4, 0.5) is 0 Å². The second-order valence-electron chi connectivity index (χ2n) is 6.07. The van der Waals surface area contributed by atoms with Crippen molar-refractivity contribution in [3.05, 3.63) is 83.9 Å². The molecule has 0 atom stereocenters. The fraction of sp³-hybridized carbons (Fsp3) is 0. The molecule has 5 aromatic rings. The maximum atomic E-state index is 5.98. The highest BCUT2D eigenvalue weighted by molar-refractivity contribution is 7.21. The quantitative estimate of drug-likeness (QED) is 0.335. The van der Waals surface area contributed by atoms with Gasteiger partial charge >= 0.3 is 0 Å². The highest BCUT2D eigenvalue weighted by atomic mass is 35.5. The van der Waals surface area contributed by atoms with Crippen LogP contribution in [0, 0.1) is 0 Å². The SMILES string of the molecule is Clc1ccc(Oc2cc(-c3nc4ccccc4s3)c3ccccc3n2)cc1. The molecular formula is C22H13ClN2OS. The maximum Gasteiger partial charge on any atom is 0.220 e. The number of hydrogen-bond acceptors (Lipinski definition) is 4. The first kappa shape index (κ1) is 16.2. The molecule has 0 spiro atoms. The third-order valence-corrected chi connectivity index (χ3v) is 5.57. The molecule has 0 aliphatic heterocycles. The lowest BCUT2D eigenvalue weighted by Crippen LogP contribution is -1.91. The monoisotopic (exact) mass is 388 g/mol. The topological polar surface area (TPSA) is 35.0 Å². The van der Waals surface area contributed by atoms with Crippen LogP contribution in [-0.4, -0.2) is 9.97 Å². The molecule has 0 bridgehead atoms. The predicted octanol–water partition coefficient (Wildman–Crippen LogP) is 6.96. The second-order valence-corrected chi connectivity index (χ2v) is 7.54. The standard InChI is InChI=1S/C22H13ClN2OS/c23-14-9-11-15(12-10-14)26-21-13-17(16-5-1-2-6-18(16)24-21)22-25-19-7-3-4-8-20(19)27-22/h1-13H. The Hall–Kier alpha value is -2.95. The van der Waals surface area contributed by atoms with Gasteiger partial charge in [-0.3, -0.25) is 0 Å². The first-order valence-electron chi connectivity index (χ1n) is 8.45. The normalized spacial score (nSPS) is 11.1. The molecule has 0 radical (unpaired) electrons. The van der Waals surface area contributed by atoms with Gasteiger partial charge in [0.05, 0.1) is 15.7 Å². The molecule has 130 valence electrons. The predicted molar refractivity (Wildman–Crippen MR) is 112 cm³/mol. The molecule has 27 heavy (non-hydrogen) atoms. The Bertz CT molecular complexity index is 1230. The van der Waals surface area contributed by atoms with Crippen LogP contribution in [0.1, 0.15) is 0 Å². The van der Waals surface area contributed by atoms with Crippen molar-refractivity contribution in [2.75, 3.05) is 0 Å². The van der Waals surface area contributed by atoms with Gasteiger partial charge in [-0.2, -0.15) is 0 Å². The fourth-order valence-electron chi connectivity index (χ4n) is 2.99. The molecule has 0 aliphatic rings. The Labute approximate surface area is 164 Å². The maximum absolute atomic E-state index is 5.98. The van der Waals surface area contributed by atoms with E-state index >= 15 is 0 Å². The largest absolute Gasteiger partial charge is 0.439 e. The summed E-state index contributed by atoms with van der Waals surface area (Å²) in [4.78, 5) is 9.47. The minimum Gasteiger partial charge on any atom is -0.439 e. The summed E-state index contributed by atoms with van der Waals surface area (Å²) in [5.41, 5.74) is 2.89. The van der Waals surface area contributed by atoms with Crippen LogP contribution in [0.5, 0.6) is 11.6 Å². The highest BCUT2D eigenvalue weighted by Crippen LogP contribution is 2.36. The van der Waals surface area contributed by atoms with Crippen molar-refractivity contribution in [3.63, 3.8) is 0 Å². The van der Waals surface area contributed by atoms with E-state index in [2.05, 4.69) is 17.1 Å². The molecule has 0 saturated heterocycles. The lowest BCUT2D eigenvalue weighted by atomic mass is 10.1. The van der Waals surface area contributed by atoms with Gasteiger partial charge < -0.3 is 4.74 Å². The van der Waals surface area contributed by atoms with Crippen LogP contribution in [0.15, 0.2) is 78.9 Å².